The average molecular weight is 277 g/mol. The van der Waals surface area contributed by atoms with Crippen LogP contribution in [0.2, 0.25) is 0 Å². The van der Waals surface area contributed by atoms with Crippen LogP contribution in [0.25, 0.3) is 0 Å². The maximum atomic E-state index is 11.3. The Morgan fingerprint density at radius 2 is 1.82 bits per heavy atom. The molecule has 0 spiro atoms. The zero-order valence-corrected chi connectivity index (χ0v) is 12.0. The summed E-state index contributed by atoms with van der Waals surface area (Å²) in [5, 5.41) is 0. The molecule has 0 atom stereocenters. The third-order valence-electron chi connectivity index (χ3n) is 2.52. The van der Waals surface area contributed by atoms with Gasteiger partial charge in [0.2, 0.25) is 0 Å². The lowest BCUT2D eigenvalue weighted by Gasteiger charge is -2.14. The molecule has 3 nitrogen and oxygen atoms in total. The van der Waals surface area contributed by atoms with E-state index < -0.39 is 9.05 Å². The summed E-state index contributed by atoms with van der Waals surface area (Å²) in [4.78, 5) is 0.147. The Morgan fingerprint density at radius 1 is 1.24 bits per heavy atom. The maximum Gasteiger partial charge on any atom is 0.261 e. The van der Waals surface area contributed by atoms with E-state index in [1.54, 1.807) is 13.0 Å². The summed E-state index contributed by atoms with van der Waals surface area (Å²) in [5.74, 6) is 1.13. The molecule has 5 heteroatoms. The largest absolute Gasteiger partial charge is 0.493 e. The monoisotopic (exact) mass is 276 g/mol. The first-order valence-electron chi connectivity index (χ1n) is 5.41. The zero-order valence-electron chi connectivity index (χ0n) is 10.5. The predicted molar refractivity (Wildman–Crippen MR) is 69.3 cm³/mol. The molecule has 0 aliphatic rings. The summed E-state index contributed by atoms with van der Waals surface area (Å²) in [6.45, 7) is 8.27. The van der Waals surface area contributed by atoms with Crippen molar-refractivity contribution in [3.8, 4) is 5.75 Å². The van der Waals surface area contributed by atoms with E-state index in [9.17, 15) is 8.42 Å². The van der Waals surface area contributed by atoms with Crippen molar-refractivity contribution in [2.24, 2.45) is 5.92 Å². The van der Waals surface area contributed by atoms with Gasteiger partial charge in [0.25, 0.3) is 9.05 Å². The molecule has 0 aliphatic carbocycles. The molecular weight excluding hydrogens is 260 g/mol. The highest BCUT2D eigenvalue weighted by Crippen LogP contribution is 2.29. The molecule has 96 valence electrons. The van der Waals surface area contributed by atoms with Crippen molar-refractivity contribution in [3.63, 3.8) is 0 Å². The summed E-state index contributed by atoms with van der Waals surface area (Å²) in [6.07, 6.45) is 0. The van der Waals surface area contributed by atoms with Crippen molar-refractivity contribution in [1.82, 2.24) is 0 Å². The van der Waals surface area contributed by atoms with Gasteiger partial charge in [0.05, 0.1) is 11.5 Å². The van der Waals surface area contributed by atoms with Gasteiger partial charge in [-0.3, -0.25) is 0 Å². The maximum absolute atomic E-state index is 11.3. The molecule has 0 fully saturated rings. The zero-order chi connectivity index (χ0) is 13.2. The van der Waals surface area contributed by atoms with Gasteiger partial charge in [0.1, 0.15) is 5.75 Å². The summed E-state index contributed by atoms with van der Waals surface area (Å²) in [5.41, 5.74) is 1.45. The van der Waals surface area contributed by atoms with Crippen LogP contribution in [-0.4, -0.2) is 15.0 Å². The van der Waals surface area contributed by atoms with Crippen LogP contribution in [0, 0.1) is 19.8 Å². The van der Waals surface area contributed by atoms with Crippen molar-refractivity contribution in [2.45, 2.75) is 32.6 Å². The van der Waals surface area contributed by atoms with Crippen LogP contribution in [0.1, 0.15) is 25.0 Å². The minimum Gasteiger partial charge on any atom is -0.493 e. The number of hydrogen-bond acceptors (Lipinski definition) is 3. The van der Waals surface area contributed by atoms with Gasteiger partial charge in [-0.05, 0) is 43.0 Å². The highest BCUT2D eigenvalue weighted by Gasteiger charge is 2.16. The molecule has 0 heterocycles. The second-order valence-corrected chi connectivity index (χ2v) is 6.99. The van der Waals surface area contributed by atoms with E-state index in [1.165, 1.54) is 6.07 Å². The third kappa shape index (κ3) is 3.61. The number of halogens is 1. The molecule has 0 N–H and O–H groups in total. The lowest BCUT2D eigenvalue weighted by molar-refractivity contribution is 0.269. The first kappa shape index (κ1) is 14.3. The van der Waals surface area contributed by atoms with Crippen molar-refractivity contribution in [1.29, 1.82) is 0 Å². The number of hydrogen-bond donors (Lipinski definition) is 0. The molecule has 0 unspecified atom stereocenters. The topological polar surface area (TPSA) is 43.4 Å². The van der Waals surface area contributed by atoms with E-state index in [4.69, 9.17) is 15.4 Å². The lowest BCUT2D eigenvalue weighted by Crippen LogP contribution is -2.07. The van der Waals surface area contributed by atoms with E-state index >= 15 is 0 Å². The molecule has 0 saturated heterocycles. The van der Waals surface area contributed by atoms with Gasteiger partial charge in [0.15, 0.2) is 0 Å². The molecule has 1 aromatic rings. The van der Waals surface area contributed by atoms with E-state index in [2.05, 4.69) is 13.8 Å². The molecule has 0 aliphatic heterocycles. The number of ether oxygens (including phenoxy) is 1. The van der Waals surface area contributed by atoms with Crippen LogP contribution in [-0.2, 0) is 9.05 Å². The average Bonchev–Trinajstić information content (AvgIpc) is 2.18. The van der Waals surface area contributed by atoms with Gasteiger partial charge in [-0.15, -0.1) is 0 Å². The highest BCUT2D eigenvalue weighted by molar-refractivity contribution is 8.13. The van der Waals surface area contributed by atoms with E-state index in [0.29, 0.717) is 23.8 Å². The fourth-order valence-electron chi connectivity index (χ4n) is 1.45. The molecule has 17 heavy (non-hydrogen) atoms. The number of rotatable bonds is 4. The van der Waals surface area contributed by atoms with Crippen LogP contribution in [0.4, 0.5) is 0 Å². The molecular formula is C12H17ClO3S. The first-order chi connectivity index (χ1) is 7.73. The molecule has 0 saturated carbocycles. The Morgan fingerprint density at radius 3 is 2.29 bits per heavy atom. The van der Waals surface area contributed by atoms with Crippen LogP contribution < -0.4 is 4.74 Å². The van der Waals surface area contributed by atoms with Gasteiger partial charge < -0.3 is 4.74 Å². The van der Waals surface area contributed by atoms with Crippen LogP contribution in [0.3, 0.4) is 0 Å². The number of benzene rings is 1. The Balaban J connectivity index is 3.11. The quantitative estimate of drug-likeness (QED) is 0.793. The summed E-state index contributed by atoms with van der Waals surface area (Å²) in [6, 6.07) is 3.14. The van der Waals surface area contributed by atoms with Crippen molar-refractivity contribution >= 4 is 19.7 Å². The Kier molecular flexibility index (Phi) is 4.44. The third-order valence-corrected chi connectivity index (χ3v) is 3.99. The van der Waals surface area contributed by atoms with Crippen molar-refractivity contribution in [3.05, 3.63) is 23.3 Å². The predicted octanol–water partition coefficient (Wildman–Crippen LogP) is 3.27. The van der Waals surface area contributed by atoms with E-state index in [0.717, 1.165) is 5.56 Å². The summed E-state index contributed by atoms with van der Waals surface area (Å²) in [7, 11) is 1.66. The summed E-state index contributed by atoms with van der Waals surface area (Å²) >= 11 is 0. The normalized spacial score (nSPS) is 11.9. The minimum atomic E-state index is -3.69. The first-order valence-corrected chi connectivity index (χ1v) is 7.72. The second kappa shape index (κ2) is 5.27. The van der Waals surface area contributed by atoms with Gasteiger partial charge in [-0.25, -0.2) is 8.42 Å². The molecule has 0 amide bonds. The van der Waals surface area contributed by atoms with Crippen LogP contribution >= 0.6 is 10.7 Å². The Bertz CT molecular complexity index is 507. The van der Waals surface area contributed by atoms with Gasteiger partial charge in [-0.1, -0.05) is 13.8 Å². The van der Waals surface area contributed by atoms with Crippen LogP contribution in [0.15, 0.2) is 17.0 Å². The SMILES string of the molecule is Cc1c(OCC(C)C)ccc(S(=O)(=O)Cl)c1C. The van der Waals surface area contributed by atoms with E-state index in [-0.39, 0.29) is 4.90 Å². The molecule has 1 rings (SSSR count). The fraction of sp³-hybridized carbons (Fsp3) is 0.500. The molecule has 1 aromatic carbocycles. The second-order valence-electron chi connectivity index (χ2n) is 4.45. The van der Waals surface area contributed by atoms with E-state index in [1.807, 2.05) is 6.92 Å². The molecule has 0 bridgehead atoms. The van der Waals surface area contributed by atoms with Crippen molar-refractivity contribution < 1.29 is 13.2 Å². The van der Waals surface area contributed by atoms with Crippen LogP contribution in [0.5, 0.6) is 5.75 Å². The standard InChI is InChI=1S/C12H17ClO3S/c1-8(2)7-16-11-5-6-12(17(13,14)15)10(4)9(11)3/h5-6,8H,7H2,1-4H3. The molecule has 0 radical (unpaired) electrons. The van der Waals surface area contributed by atoms with Crippen molar-refractivity contribution in [2.75, 3.05) is 6.61 Å². The van der Waals surface area contributed by atoms with Gasteiger partial charge >= 0.3 is 0 Å². The summed E-state index contributed by atoms with van der Waals surface area (Å²) < 4.78 is 28.2. The smallest absolute Gasteiger partial charge is 0.261 e. The van der Waals surface area contributed by atoms with Gasteiger partial charge in [0, 0.05) is 10.7 Å². The van der Waals surface area contributed by atoms with Gasteiger partial charge in [-0.2, -0.15) is 0 Å². The Labute approximate surface area is 107 Å². The fourth-order valence-corrected chi connectivity index (χ4v) is 2.70. The minimum absolute atomic E-state index is 0.147. The highest BCUT2D eigenvalue weighted by atomic mass is 35.7. The Hall–Kier alpha value is -0.740. The molecule has 0 aromatic heterocycles. The lowest BCUT2D eigenvalue weighted by atomic mass is 10.1.